The van der Waals surface area contributed by atoms with Gasteiger partial charge in [-0.2, -0.15) is 9.61 Å². The number of aromatic nitrogens is 6. The molecule has 146 valence electrons. The third kappa shape index (κ3) is 2.95. The number of hydrogen-bond donors (Lipinski definition) is 0. The fourth-order valence-corrected chi connectivity index (χ4v) is 3.83. The third-order valence-corrected chi connectivity index (χ3v) is 5.98. The smallest absolute Gasteiger partial charge is 0.266 e. The van der Waals surface area contributed by atoms with Crippen LogP contribution < -0.4 is 10.5 Å². The maximum atomic E-state index is 11.5. The Labute approximate surface area is 162 Å². The van der Waals surface area contributed by atoms with Gasteiger partial charge in [-0.05, 0) is 38.1 Å². The summed E-state index contributed by atoms with van der Waals surface area (Å²) in [5.74, 6) is 2.47. The molecule has 0 bridgehead atoms. The van der Waals surface area contributed by atoms with Gasteiger partial charge in [0.25, 0.3) is 5.56 Å². The molecule has 1 saturated carbocycles. The van der Waals surface area contributed by atoms with Gasteiger partial charge in [-0.25, -0.2) is 4.68 Å². The van der Waals surface area contributed by atoms with Crippen molar-refractivity contribution >= 4 is 11.5 Å². The van der Waals surface area contributed by atoms with E-state index in [0.29, 0.717) is 12.0 Å². The van der Waals surface area contributed by atoms with Crippen molar-refractivity contribution in [2.45, 2.75) is 37.8 Å². The van der Waals surface area contributed by atoms with Crippen LogP contribution >= 0.6 is 0 Å². The molecule has 2 aliphatic rings. The van der Waals surface area contributed by atoms with Crippen molar-refractivity contribution < 1.29 is 0 Å². The van der Waals surface area contributed by atoms with Gasteiger partial charge in [-0.3, -0.25) is 9.69 Å². The van der Waals surface area contributed by atoms with E-state index in [4.69, 9.17) is 5.10 Å². The summed E-state index contributed by atoms with van der Waals surface area (Å²) in [6.45, 7) is 2.56. The number of nitrogens with zero attached hydrogens (tertiary/aromatic N) is 8. The quantitative estimate of drug-likeness (QED) is 0.647. The molecule has 0 N–H and O–H groups in total. The summed E-state index contributed by atoms with van der Waals surface area (Å²) in [6.07, 6.45) is 3.63. The number of anilines is 1. The van der Waals surface area contributed by atoms with Crippen molar-refractivity contribution in [3.63, 3.8) is 0 Å². The topological polar surface area (TPSA) is 84.5 Å². The van der Waals surface area contributed by atoms with E-state index in [1.807, 2.05) is 16.6 Å². The normalized spacial score (nSPS) is 17.9. The summed E-state index contributed by atoms with van der Waals surface area (Å²) in [5.41, 5.74) is 1.63. The molecule has 5 rings (SSSR count). The molecule has 0 aromatic carbocycles. The van der Waals surface area contributed by atoms with Crippen LogP contribution in [-0.4, -0.2) is 60.7 Å². The van der Waals surface area contributed by atoms with Crippen molar-refractivity contribution in [1.82, 2.24) is 34.5 Å². The zero-order chi connectivity index (χ0) is 19.3. The first-order chi connectivity index (χ1) is 13.6. The molecule has 0 unspecified atom stereocenters. The second kappa shape index (κ2) is 6.66. The fourth-order valence-electron chi connectivity index (χ4n) is 3.83. The molecule has 1 aliphatic heterocycles. The largest absolute Gasteiger partial charge is 0.352 e. The van der Waals surface area contributed by atoms with E-state index in [-0.39, 0.29) is 5.56 Å². The molecule has 1 saturated heterocycles. The van der Waals surface area contributed by atoms with E-state index in [2.05, 4.69) is 32.1 Å². The lowest BCUT2D eigenvalue weighted by Gasteiger charge is -2.44. The van der Waals surface area contributed by atoms with Gasteiger partial charge >= 0.3 is 0 Å². The van der Waals surface area contributed by atoms with Gasteiger partial charge in [-0.1, -0.05) is 6.42 Å². The van der Waals surface area contributed by atoms with E-state index in [9.17, 15) is 4.79 Å². The molecule has 0 atom stereocenters. The Morgan fingerprint density at radius 2 is 1.93 bits per heavy atom. The Morgan fingerprint density at radius 1 is 1.11 bits per heavy atom. The summed E-state index contributed by atoms with van der Waals surface area (Å²) in [5, 5.41) is 17.7. The van der Waals surface area contributed by atoms with Crippen molar-refractivity contribution in [3.8, 4) is 0 Å². The van der Waals surface area contributed by atoms with Crippen LogP contribution in [0.1, 0.15) is 36.7 Å². The van der Waals surface area contributed by atoms with E-state index >= 15 is 0 Å². The van der Waals surface area contributed by atoms with Gasteiger partial charge in [0.1, 0.15) is 5.82 Å². The second-order valence-corrected chi connectivity index (χ2v) is 7.91. The van der Waals surface area contributed by atoms with Crippen LogP contribution in [0.25, 0.3) is 5.65 Å². The molecular formula is C19H24N8O. The minimum Gasteiger partial charge on any atom is -0.352 e. The molecule has 0 spiro atoms. The van der Waals surface area contributed by atoms with Crippen molar-refractivity contribution in [3.05, 3.63) is 46.1 Å². The Kier molecular flexibility index (Phi) is 4.12. The van der Waals surface area contributed by atoms with Crippen LogP contribution in [0.5, 0.6) is 0 Å². The second-order valence-electron chi connectivity index (χ2n) is 7.91. The third-order valence-electron chi connectivity index (χ3n) is 5.98. The van der Waals surface area contributed by atoms with Crippen LogP contribution in [0, 0.1) is 0 Å². The summed E-state index contributed by atoms with van der Waals surface area (Å²) < 4.78 is 3.30. The number of fused-ring (bicyclic) bond motifs is 1. The molecule has 3 aromatic rings. The van der Waals surface area contributed by atoms with Crippen LogP contribution in [-0.2, 0) is 13.6 Å². The van der Waals surface area contributed by atoms with Crippen molar-refractivity contribution in [1.29, 1.82) is 0 Å². The summed E-state index contributed by atoms with van der Waals surface area (Å²) in [7, 11) is 3.78. The van der Waals surface area contributed by atoms with Gasteiger partial charge in [0.2, 0.25) is 0 Å². The van der Waals surface area contributed by atoms with Crippen molar-refractivity contribution in [2.24, 2.45) is 7.05 Å². The summed E-state index contributed by atoms with van der Waals surface area (Å²) in [4.78, 5) is 16.0. The predicted molar refractivity (Wildman–Crippen MR) is 104 cm³/mol. The highest BCUT2D eigenvalue weighted by molar-refractivity contribution is 5.48. The van der Waals surface area contributed by atoms with Crippen LogP contribution in [0.2, 0.25) is 0 Å². The Balaban J connectivity index is 1.25. The SMILES string of the molecule is CN(Cc1ccc(=O)n(C)n1)C1CN(c2ccc3nnc(C4CCC4)n3n2)C1. The first kappa shape index (κ1) is 17.3. The van der Waals surface area contributed by atoms with E-state index in [1.165, 1.54) is 23.9 Å². The van der Waals surface area contributed by atoms with Crippen LogP contribution in [0.4, 0.5) is 5.82 Å². The highest BCUT2D eigenvalue weighted by Gasteiger charge is 2.32. The standard InChI is InChI=1S/C19H24N8O/c1-24(10-14-6-9-18(28)25(2)22-14)15-11-26(12-15)17-8-7-16-20-21-19(27(16)23-17)13-4-3-5-13/h6-9,13,15H,3-5,10-12H2,1-2H3. The Bertz CT molecular complexity index is 1060. The van der Waals surface area contributed by atoms with E-state index in [1.54, 1.807) is 19.2 Å². The maximum absolute atomic E-state index is 11.5. The zero-order valence-electron chi connectivity index (χ0n) is 16.2. The first-order valence-corrected chi connectivity index (χ1v) is 9.79. The lowest BCUT2D eigenvalue weighted by atomic mass is 9.85. The lowest BCUT2D eigenvalue weighted by molar-refractivity contribution is 0.193. The molecule has 9 heteroatoms. The molecule has 0 radical (unpaired) electrons. The Hall–Kier alpha value is -2.81. The average Bonchev–Trinajstić information content (AvgIpc) is 2.99. The number of hydrogen-bond acceptors (Lipinski definition) is 7. The van der Waals surface area contributed by atoms with E-state index < -0.39 is 0 Å². The molecule has 9 nitrogen and oxygen atoms in total. The van der Waals surface area contributed by atoms with Gasteiger partial charge in [-0.15, -0.1) is 15.3 Å². The summed E-state index contributed by atoms with van der Waals surface area (Å²) >= 11 is 0. The average molecular weight is 380 g/mol. The molecule has 4 heterocycles. The number of rotatable bonds is 5. The van der Waals surface area contributed by atoms with Gasteiger partial charge < -0.3 is 4.90 Å². The first-order valence-electron chi connectivity index (χ1n) is 9.79. The molecule has 0 amide bonds. The maximum Gasteiger partial charge on any atom is 0.266 e. The zero-order valence-corrected chi connectivity index (χ0v) is 16.2. The molecular weight excluding hydrogens is 356 g/mol. The van der Waals surface area contributed by atoms with Gasteiger partial charge in [0.15, 0.2) is 11.5 Å². The Morgan fingerprint density at radius 3 is 2.64 bits per heavy atom. The molecule has 3 aromatic heterocycles. The monoisotopic (exact) mass is 380 g/mol. The minimum absolute atomic E-state index is 0.0852. The highest BCUT2D eigenvalue weighted by Crippen LogP contribution is 2.35. The fraction of sp³-hybridized carbons (Fsp3) is 0.526. The molecule has 2 fully saturated rings. The van der Waals surface area contributed by atoms with Gasteiger partial charge in [0, 0.05) is 44.7 Å². The molecule has 1 aliphatic carbocycles. The lowest BCUT2D eigenvalue weighted by Crippen LogP contribution is -2.58. The number of likely N-dealkylation sites (N-methyl/N-ethyl adjacent to an activating group) is 1. The highest BCUT2D eigenvalue weighted by atomic mass is 16.1. The van der Waals surface area contributed by atoms with Crippen molar-refractivity contribution in [2.75, 3.05) is 25.0 Å². The van der Waals surface area contributed by atoms with Gasteiger partial charge in [0.05, 0.1) is 5.69 Å². The summed E-state index contributed by atoms with van der Waals surface area (Å²) in [6, 6.07) is 7.84. The molecule has 28 heavy (non-hydrogen) atoms. The van der Waals surface area contributed by atoms with E-state index in [0.717, 1.165) is 42.6 Å². The number of aryl methyl sites for hydroxylation is 1. The van der Waals surface area contributed by atoms with Crippen LogP contribution in [0.15, 0.2) is 29.1 Å². The predicted octanol–water partition coefficient (Wildman–Crippen LogP) is 0.806. The van der Waals surface area contributed by atoms with Crippen LogP contribution in [0.3, 0.4) is 0 Å². The minimum atomic E-state index is -0.0852.